The van der Waals surface area contributed by atoms with Crippen molar-refractivity contribution in [3.05, 3.63) is 16.9 Å². The lowest BCUT2D eigenvalue weighted by molar-refractivity contribution is 0.696. The highest BCUT2D eigenvalue weighted by Gasteiger charge is 2.06. The van der Waals surface area contributed by atoms with Crippen LogP contribution < -0.4 is 5.73 Å². The minimum absolute atomic E-state index is 0.345. The van der Waals surface area contributed by atoms with E-state index in [1.54, 1.807) is 15.5 Å². The van der Waals surface area contributed by atoms with Crippen LogP contribution in [0, 0.1) is 4.77 Å². The van der Waals surface area contributed by atoms with E-state index in [0.717, 1.165) is 5.82 Å². The number of nitrogens with zero attached hydrogens (tertiary/aromatic N) is 5. The second-order valence-corrected chi connectivity index (χ2v) is 3.22. The minimum atomic E-state index is 0.345. The van der Waals surface area contributed by atoms with Gasteiger partial charge in [-0.2, -0.15) is 0 Å². The number of anilines is 1. The number of hydrogen-bond donors (Lipinski definition) is 2. The Morgan fingerprint density at radius 2 is 2.43 bits per heavy atom. The quantitative estimate of drug-likeness (QED) is 0.665. The van der Waals surface area contributed by atoms with Gasteiger partial charge in [0.1, 0.15) is 6.33 Å². The molecule has 74 valence electrons. The Balaban J connectivity index is 2.36. The van der Waals surface area contributed by atoms with E-state index in [1.165, 1.54) is 0 Å². The van der Waals surface area contributed by atoms with Gasteiger partial charge in [-0.1, -0.05) is 0 Å². The first kappa shape index (κ1) is 8.88. The Labute approximate surface area is 84.6 Å². The number of aromatic amines is 1. The predicted molar refractivity (Wildman–Crippen MR) is 51.9 cm³/mol. The van der Waals surface area contributed by atoms with E-state index < -0.39 is 0 Å². The Hall–Kier alpha value is -1.70. The van der Waals surface area contributed by atoms with Crippen molar-refractivity contribution in [2.75, 3.05) is 5.73 Å². The molecule has 0 radical (unpaired) electrons. The normalized spacial score (nSPS) is 10.6. The third-order valence-corrected chi connectivity index (χ3v) is 2.20. The van der Waals surface area contributed by atoms with Gasteiger partial charge in [0.25, 0.3) is 0 Å². The van der Waals surface area contributed by atoms with Crippen LogP contribution in [0.2, 0.25) is 0 Å². The van der Waals surface area contributed by atoms with Gasteiger partial charge < -0.3 is 10.3 Å². The van der Waals surface area contributed by atoms with E-state index in [9.17, 15) is 0 Å². The Morgan fingerprint density at radius 1 is 1.64 bits per heavy atom. The number of nitrogens with two attached hydrogens (primary N) is 1. The van der Waals surface area contributed by atoms with Gasteiger partial charge in [-0.25, -0.2) is 5.10 Å². The highest BCUT2D eigenvalue weighted by molar-refractivity contribution is 7.71. The SMILES string of the molecule is Cn1cnnc1Cn1c(N)n[nH]c1=S. The summed E-state index contributed by atoms with van der Waals surface area (Å²) in [6, 6.07) is 0. The molecule has 14 heavy (non-hydrogen) atoms. The number of H-pyrrole nitrogens is 1. The molecule has 0 unspecified atom stereocenters. The molecule has 0 saturated heterocycles. The van der Waals surface area contributed by atoms with Crippen LogP contribution in [0.3, 0.4) is 0 Å². The topological polar surface area (TPSA) is 90.3 Å². The summed E-state index contributed by atoms with van der Waals surface area (Å²) in [5, 5.41) is 14.1. The van der Waals surface area contributed by atoms with Crippen LogP contribution in [0.5, 0.6) is 0 Å². The van der Waals surface area contributed by atoms with Crippen LogP contribution >= 0.6 is 12.2 Å². The van der Waals surface area contributed by atoms with Gasteiger partial charge in [-0.05, 0) is 12.2 Å². The van der Waals surface area contributed by atoms with E-state index in [4.69, 9.17) is 18.0 Å². The lowest BCUT2D eigenvalue weighted by Crippen LogP contribution is -2.08. The molecule has 0 spiro atoms. The Morgan fingerprint density at radius 3 is 2.93 bits per heavy atom. The fourth-order valence-electron chi connectivity index (χ4n) is 1.07. The van der Waals surface area contributed by atoms with Crippen molar-refractivity contribution < 1.29 is 0 Å². The summed E-state index contributed by atoms with van der Waals surface area (Å²) in [5.41, 5.74) is 5.60. The van der Waals surface area contributed by atoms with Crippen molar-refractivity contribution in [3.63, 3.8) is 0 Å². The number of aromatic nitrogens is 6. The van der Waals surface area contributed by atoms with Gasteiger partial charge in [0.05, 0.1) is 6.54 Å². The summed E-state index contributed by atoms with van der Waals surface area (Å²) >= 11 is 5.00. The first-order valence-corrected chi connectivity index (χ1v) is 4.33. The first-order chi connectivity index (χ1) is 6.68. The molecular weight excluding hydrogens is 202 g/mol. The van der Waals surface area contributed by atoms with E-state index in [0.29, 0.717) is 17.3 Å². The van der Waals surface area contributed by atoms with Crippen LogP contribution in [0.4, 0.5) is 5.95 Å². The van der Waals surface area contributed by atoms with Crippen molar-refractivity contribution >= 4 is 18.2 Å². The molecule has 0 fully saturated rings. The van der Waals surface area contributed by atoms with Gasteiger partial charge in [0.2, 0.25) is 5.95 Å². The van der Waals surface area contributed by atoms with Crippen LogP contribution in [0.25, 0.3) is 0 Å². The Bertz CT molecular complexity index is 492. The molecule has 0 atom stereocenters. The second kappa shape index (κ2) is 3.22. The molecule has 0 saturated carbocycles. The fourth-order valence-corrected chi connectivity index (χ4v) is 1.28. The average Bonchev–Trinajstić information content (AvgIpc) is 2.67. The van der Waals surface area contributed by atoms with Gasteiger partial charge in [-0.3, -0.25) is 4.57 Å². The lowest BCUT2D eigenvalue weighted by Gasteiger charge is -2.01. The monoisotopic (exact) mass is 211 g/mol. The van der Waals surface area contributed by atoms with Crippen LogP contribution in [-0.4, -0.2) is 29.5 Å². The van der Waals surface area contributed by atoms with Gasteiger partial charge >= 0.3 is 0 Å². The molecule has 2 aromatic heterocycles. The summed E-state index contributed by atoms with van der Waals surface area (Å²) in [4.78, 5) is 0. The molecule has 2 aromatic rings. The molecule has 7 nitrogen and oxygen atoms in total. The van der Waals surface area contributed by atoms with Crippen molar-refractivity contribution in [1.29, 1.82) is 0 Å². The zero-order valence-electron chi connectivity index (χ0n) is 7.51. The van der Waals surface area contributed by atoms with Crippen molar-refractivity contribution in [3.8, 4) is 0 Å². The van der Waals surface area contributed by atoms with Gasteiger partial charge in [-0.15, -0.1) is 15.3 Å². The van der Waals surface area contributed by atoms with E-state index >= 15 is 0 Å². The van der Waals surface area contributed by atoms with E-state index in [-0.39, 0.29) is 0 Å². The molecule has 0 aromatic carbocycles. The molecule has 0 aliphatic heterocycles. The summed E-state index contributed by atoms with van der Waals surface area (Å²) in [6.07, 6.45) is 1.62. The number of nitrogens with one attached hydrogen (secondary N) is 1. The first-order valence-electron chi connectivity index (χ1n) is 3.92. The standard InChI is InChI=1S/C6H9N7S/c1-12-3-8-9-4(12)2-13-5(7)10-11-6(13)14/h3H,2H2,1H3,(H2,7,10)(H,11,14). The number of nitrogen functional groups attached to an aromatic ring is 1. The van der Waals surface area contributed by atoms with Crippen LogP contribution in [0.15, 0.2) is 6.33 Å². The highest BCUT2D eigenvalue weighted by Crippen LogP contribution is 2.03. The molecule has 3 N–H and O–H groups in total. The maximum Gasteiger partial charge on any atom is 0.220 e. The molecule has 0 aliphatic carbocycles. The van der Waals surface area contributed by atoms with Crippen LogP contribution in [0.1, 0.15) is 5.82 Å². The van der Waals surface area contributed by atoms with E-state index in [2.05, 4.69) is 20.4 Å². The number of aryl methyl sites for hydroxylation is 1. The average molecular weight is 211 g/mol. The molecule has 0 amide bonds. The van der Waals surface area contributed by atoms with Gasteiger partial charge in [0, 0.05) is 7.05 Å². The third kappa shape index (κ3) is 1.39. The molecule has 0 aliphatic rings. The largest absolute Gasteiger partial charge is 0.368 e. The summed E-state index contributed by atoms with van der Waals surface area (Å²) in [6.45, 7) is 0.470. The van der Waals surface area contributed by atoms with Crippen molar-refractivity contribution in [1.82, 2.24) is 29.5 Å². The molecule has 0 bridgehead atoms. The second-order valence-electron chi connectivity index (χ2n) is 2.83. The predicted octanol–water partition coefficient (Wildman–Crippen LogP) is -0.300. The Kier molecular flexibility index (Phi) is 2.04. The highest BCUT2D eigenvalue weighted by atomic mass is 32.1. The molecule has 2 rings (SSSR count). The zero-order chi connectivity index (χ0) is 10.1. The lowest BCUT2D eigenvalue weighted by atomic mass is 10.6. The molecule has 2 heterocycles. The smallest absolute Gasteiger partial charge is 0.220 e. The van der Waals surface area contributed by atoms with Gasteiger partial charge in [0.15, 0.2) is 10.6 Å². The van der Waals surface area contributed by atoms with Crippen LogP contribution in [-0.2, 0) is 13.6 Å². The molecular formula is C6H9N7S. The van der Waals surface area contributed by atoms with Crippen molar-refractivity contribution in [2.24, 2.45) is 7.05 Å². The molecule has 8 heteroatoms. The maximum atomic E-state index is 5.60. The minimum Gasteiger partial charge on any atom is -0.368 e. The van der Waals surface area contributed by atoms with Crippen molar-refractivity contribution in [2.45, 2.75) is 6.54 Å². The summed E-state index contributed by atoms with van der Waals surface area (Å²) < 4.78 is 3.93. The number of hydrogen-bond acceptors (Lipinski definition) is 5. The van der Waals surface area contributed by atoms with E-state index in [1.807, 2.05) is 7.05 Å². The maximum absolute atomic E-state index is 5.60. The number of rotatable bonds is 2. The summed E-state index contributed by atoms with van der Waals surface area (Å²) in [7, 11) is 1.86. The third-order valence-electron chi connectivity index (χ3n) is 1.89. The zero-order valence-corrected chi connectivity index (χ0v) is 8.32. The summed E-state index contributed by atoms with van der Waals surface area (Å²) in [5.74, 6) is 1.12. The fraction of sp³-hybridized carbons (Fsp3) is 0.333.